The second-order valence-corrected chi connectivity index (χ2v) is 6.65. The number of hydrogen-bond acceptors (Lipinski definition) is 3. The van der Waals surface area contributed by atoms with Crippen LogP contribution in [0.1, 0.15) is 38.7 Å². The topological polar surface area (TPSA) is 102 Å². The Morgan fingerprint density at radius 3 is 2.54 bits per heavy atom. The van der Waals surface area contributed by atoms with Gasteiger partial charge in [0.15, 0.2) is 0 Å². The number of carboxylic acids is 1. The van der Waals surface area contributed by atoms with E-state index in [1.807, 2.05) is 44.2 Å². The van der Waals surface area contributed by atoms with Crippen LogP contribution >= 0.6 is 0 Å². The standard InChI is InChI=1S/C18H25N3O3/c1-18(2,10-11-19)13-20-17(24)21-15(8-9-16(22)23)12-14-6-4-3-5-7-14/h3-7,15H,8-10,12-13H2,1-2H3,(H,22,23)(H2,20,21,24). The fourth-order valence-electron chi connectivity index (χ4n) is 2.25. The van der Waals surface area contributed by atoms with Crippen LogP contribution in [0.2, 0.25) is 0 Å². The molecule has 130 valence electrons. The second kappa shape index (κ2) is 9.56. The number of benzene rings is 1. The average molecular weight is 331 g/mol. The fourth-order valence-corrected chi connectivity index (χ4v) is 2.25. The molecule has 6 nitrogen and oxygen atoms in total. The van der Waals surface area contributed by atoms with Crippen LogP contribution in [0.25, 0.3) is 0 Å². The number of carboxylic acid groups (broad SMARTS) is 1. The molecule has 24 heavy (non-hydrogen) atoms. The molecule has 0 saturated heterocycles. The van der Waals surface area contributed by atoms with Crippen LogP contribution in [-0.4, -0.2) is 29.7 Å². The smallest absolute Gasteiger partial charge is 0.315 e. The molecule has 0 heterocycles. The molecule has 0 aliphatic carbocycles. The number of carbonyl (C=O) groups is 2. The normalized spacial score (nSPS) is 12.0. The summed E-state index contributed by atoms with van der Waals surface area (Å²) in [5, 5.41) is 23.2. The molecule has 0 aliphatic rings. The van der Waals surface area contributed by atoms with Gasteiger partial charge in [0.2, 0.25) is 0 Å². The van der Waals surface area contributed by atoms with E-state index in [1.54, 1.807) is 0 Å². The molecular formula is C18H25N3O3. The quantitative estimate of drug-likeness (QED) is 0.647. The number of hydrogen-bond donors (Lipinski definition) is 3. The summed E-state index contributed by atoms with van der Waals surface area (Å²) >= 11 is 0. The molecule has 0 radical (unpaired) electrons. The Hall–Kier alpha value is -2.55. The maximum absolute atomic E-state index is 12.1. The van der Waals surface area contributed by atoms with Crippen LogP contribution in [0.5, 0.6) is 0 Å². The lowest BCUT2D eigenvalue weighted by molar-refractivity contribution is -0.137. The zero-order valence-electron chi connectivity index (χ0n) is 14.2. The molecule has 0 aromatic heterocycles. The molecule has 1 aromatic rings. The van der Waals surface area contributed by atoms with Gasteiger partial charge in [-0.25, -0.2) is 4.79 Å². The van der Waals surface area contributed by atoms with E-state index in [0.29, 0.717) is 25.8 Å². The highest BCUT2D eigenvalue weighted by Gasteiger charge is 2.20. The van der Waals surface area contributed by atoms with Gasteiger partial charge in [-0.2, -0.15) is 5.26 Å². The van der Waals surface area contributed by atoms with Crippen molar-refractivity contribution in [1.29, 1.82) is 5.26 Å². The summed E-state index contributed by atoms with van der Waals surface area (Å²) in [4.78, 5) is 22.9. The Morgan fingerprint density at radius 1 is 1.29 bits per heavy atom. The molecule has 0 saturated carbocycles. The summed E-state index contributed by atoms with van der Waals surface area (Å²) in [6, 6.07) is 11.1. The van der Waals surface area contributed by atoms with Crippen LogP contribution in [0.4, 0.5) is 4.79 Å². The third-order valence-electron chi connectivity index (χ3n) is 3.65. The van der Waals surface area contributed by atoms with Crippen molar-refractivity contribution >= 4 is 12.0 Å². The Morgan fingerprint density at radius 2 is 1.96 bits per heavy atom. The molecule has 0 fully saturated rings. The van der Waals surface area contributed by atoms with Gasteiger partial charge in [-0.3, -0.25) is 4.79 Å². The van der Waals surface area contributed by atoms with Crippen LogP contribution in [-0.2, 0) is 11.2 Å². The zero-order chi connectivity index (χ0) is 18.0. The van der Waals surface area contributed by atoms with Crippen molar-refractivity contribution in [3.63, 3.8) is 0 Å². The summed E-state index contributed by atoms with van der Waals surface area (Å²) in [5.41, 5.74) is 0.736. The summed E-state index contributed by atoms with van der Waals surface area (Å²) in [5.74, 6) is -0.884. The summed E-state index contributed by atoms with van der Waals surface area (Å²) in [7, 11) is 0. The lowest BCUT2D eigenvalue weighted by Gasteiger charge is -2.23. The maximum Gasteiger partial charge on any atom is 0.315 e. The molecular weight excluding hydrogens is 306 g/mol. The van der Waals surface area contributed by atoms with E-state index in [4.69, 9.17) is 10.4 Å². The van der Waals surface area contributed by atoms with Gasteiger partial charge in [-0.15, -0.1) is 0 Å². The van der Waals surface area contributed by atoms with Crippen molar-refractivity contribution in [3.05, 3.63) is 35.9 Å². The lowest BCUT2D eigenvalue weighted by Crippen LogP contribution is -2.46. The first kappa shape index (κ1) is 19.5. The fraction of sp³-hybridized carbons (Fsp3) is 0.500. The van der Waals surface area contributed by atoms with E-state index >= 15 is 0 Å². The maximum atomic E-state index is 12.1. The molecule has 3 N–H and O–H groups in total. The molecule has 1 aromatic carbocycles. The Kier molecular flexibility index (Phi) is 7.76. The van der Waals surface area contributed by atoms with Crippen molar-refractivity contribution in [2.75, 3.05) is 6.54 Å². The zero-order valence-corrected chi connectivity index (χ0v) is 14.2. The molecule has 1 unspecified atom stereocenters. The predicted molar refractivity (Wildman–Crippen MR) is 91.3 cm³/mol. The minimum Gasteiger partial charge on any atom is -0.481 e. The highest BCUT2D eigenvalue weighted by molar-refractivity contribution is 5.74. The van der Waals surface area contributed by atoms with Crippen molar-refractivity contribution in [3.8, 4) is 6.07 Å². The van der Waals surface area contributed by atoms with Gasteiger partial charge in [0.1, 0.15) is 0 Å². The summed E-state index contributed by atoms with van der Waals surface area (Å²) < 4.78 is 0. The monoisotopic (exact) mass is 331 g/mol. The van der Waals surface area contributed by atoms with Crippen molar-refractivity contribution in [2.24, 2.45) is 5.41 Å². The van der Waals surface area contributed by atoms with E-state index < -0.39 is 5.97 Å². The molecule has 0 spiro atoms. The largest absolute Gasteiger partial charge is 0.481 e. The first-order valence-corrected chi connectivity index (χ1v) is 7.99. The molecule has 1 atom stereocenters. The van der Waals surface area contributed by atoms with Gasteiger partial charge >= 0.3 is 12.0 Å². The first-order valence-electron chi connectivity index (χ1n) is 7.99. The van der Waals surface area contributed by atoms with Crippen molar-refractivity contribution in [1.82, 2.24) is 10.6 Å². The molecule has 2 amide bonds. The number of aliphatic carboxylic acids is 1. The minimum atomic E-state index is -0.884. The summed E-state index contributed by atoms with van der Waals surface area (Å²) in [6.45, 7) is 4.19. The van der Waals surface area contributed by atoms with Gasteiger partial charge in [0.25, 0.3) is 0 Å². The van der Waals surface area contributed by atoms with Crippen molar-refractivity contribution < 1.29 is 14.7 Å². The average Bonchev–Trinajstić information content (AvgIpc) is 2.52. The van der Waals surface area contributed by atoms with E-state index in [9.17, 15) is 9.59 Å². The third-order valence-corrected chi connectivity index (χ3v) is 3.65. The first-order chi connectivity index (χ1) is 11.3. The predicted octanol–water partition coefficient (Wildman–Crippen LogP) is 2.70. The molecule has 6 heteroatoms. The van der Waals surface area contributed by atoms with E-state index in [2.05, 4.69) is 16.7 Å². The highest BCUT2D eigenvalue weighted by Crippen LogP contribution is 2.17. The molecule has 1 rings (SSSR count). The van der Waals surface area contributed by atoms with Gasteiger partial charge < -0.3 is 15.7 Å². The van der Waals surface area contributed by atoms with Gasteiger partial charge in [-0.05, 0) is 23.8 Å². The highest BCUT2D eigenvalue weighted by atomic mass is 16.4. The second-order valence-electron chi connectivity index (χ2n) is 6.65. The Bertz CT molecular complexity index is 579. The van der Waals surface area contributed by atoms with Crippen LogP contribution in [0, 0.1) is 16.7 Å². The number of carbonyl (C=O) groups excluding carboxylic acids is 1. The molecule has 0 bridgehead atoms. The lowest BCUT2D eigenvalue weighted by atomic mass is 9.90. The van der Waals surface area contributed by atoms with Gasteiger partial charge in [0.05, 0.1) is 6.07 Å². The van der Waals surface area contributed by atoms with Crippen LogP contribution < -0.4 is 10.6 Å². The minimum absolute atomic E-state index is 0.00228. The SMILES string of the molecule is CC(C)(CC#N)CNC(=O)NC(CCC(=O)O)Cc1ccccc1. The van der Waals surface area contributed by atoms with Crippen molar-refractivity contribution in [2.45, 2.75) is 45.6 Å². The number of amides is 2. The molecule has 0 aliphatic heterocycles. The van der Waals surface area contributed by atoms with Gasteiger partial charge in [0, 0.05) is 25.4 Å². The van der Waals surface area contributed by atoms with E-state index in [0.717, 1.165) is 5.56 Å². The summed E-state index contributed by atoms with van der Waals surface area (Å²) in [6.07, 6.45) is 1.28. The van der Waals surface area contributed by atoms with E-state index in [-0.39, 0.29) is 23.9 Å². The number of nitrogens with zero attached hydrogens (tertiary/aromatic N) is 1. The van der Waals surface area contributed by atoms with Crippen LogP contribution in [0.3, 0.4) is 0 Å². The van der Waals surface area contributed by atoms with Crippen LogP contribution in [0.15, 0.2) is 30.3 Å². The third kappa shape index (κ3) is 8.18. The number of rotatable bonds is 9. The van der Waals surface area contributed by atoms with Gasteiger partial charge in [-0.1, -0.05) is 44.2 Å². The van der Waals surface area contributed by atoms with E-state index in [1.165, 1.54) is 0 Å². The number of nitriles is 1. The number of urea groups is 1. The number of nitrogens with one attached hydrogen (secondary N) is 2. The Labute approximate surface area is 142 Å². The Balaban J connectivity index is 2.58.